The maximum atomic E-state index is 5.93. The van der Waals surface area contributed by atoms with Gasteiger partial charge in [0.05, 0.1) is 17.1 Å². The third-order valence-electron chi connectivity index (χ3n) is 2.33. The molecule has 0 radical (unpaired) electrons. The van der Waals surface area contributed by atoms with Crippen LogP contribution in [0, 0.1) is 0 Å². The van der Waals surface area contributed by atoms with Gasteiger partial charge < -0.3 is 9.47 Å². The minimum absolute atomic E-state index is 0.179. The van der Waals surface area contributed by atoms with Crippen LogP contribution >= 0.6 is 11.8 Å². The molecule has 0 amide bonds. The van der Waals surface area contributed by atoms with E-state index >= 15 is 0 Å². The molecule has 0 atom stereocenters. The average Bonchev–Trinajstić information content (AvgIpc) is 3.03. The van der Waals surface area contributed by atoms with Gasteiger partial charge in [0.1, 0.15) is 0 Å². The molecule has 0 bridgehead atoms. The maximum Gasteiger partial charge on any atom is 0.175 e. The smallest absolute Gasteiger partial charge is 0.175 e. The zero-order chi connectivity index (χ0) is 11.5. The van der Waals surface area contributed by atoms with E-state index in [2.05, 4.69) is 12.3 Å². The van der Waals surface area contributed by atoms with E-state index in [1.807, 2.05) is 26.0 Å². The van der Waals surface area contributed by atoms with Gasteiger partial charge in [0.25, 0.3) is 0 Å². The standard InChI is InChI=1S/C13H18O2S/c1-9(2)14-11-5-4-6-12(16-3)13(11)15-10-7-8-10/h4-6,9-10H,7-8H2,1-3H3. The van der Waals surface area contributed by atoms with Crippen LogP contribution in [0.5, 0.6) is 11.5 Å². The summed E-state index contributed by atoms with van der Waals surface area (Å²) in [6.45, 7) is 4.07. The Morgan fingerprint density at radius 3 is 2.62 bits per heavy atom. The number of rotatable bonds is 5. The van der Waals surface area contributed by atoms with Crippen molar-refractivity contribution in [3.8, 4) is 11.5 Å². The Hall–Kier alpha value is -0.830. The topological polar surface area (TPSA) is 18.5 Å². The molecule has 88 valence electrons. The third kappa shape index (κ3) is 2.85. The van der Waals surface area contributed by atoms with Crippen molar-refractivity contribution in [1.82, 2.24) is 0 Å². The molecular weight excluding hydrogens is 220 g/mol. The van der Waals surface area contributed by atoms with Crippen LogP contribution in [-0.2, 0) is 0 Å². The van der Waals surface area contributed by atoms with Crippen molar-refractivity contribution in [2.75, 3.05) is 6.26 Å². The third-order valence-corrected chi connectivity index (χ3v) is 3.10. The minimum Gasteiger partial charge on any atom is -0.487 e. The molecule has 0 N–H and O–H groups in total. The van der Waals surface area contributed by atoms with Crippen molar-refractivity contribution in [3.63, 3.8) is 0 Å². The van der Waals surface area contributed by atoms with E-state index < -0.39 is 0 Å². The Labute approximate surface area is 101 Å². The predicted octanol–water partition coefficient (Wildman–Crippen LogP) is 3.74. The normalized spacial score (nSPS) is 15.2. The van der Waals surface area contributed by atoms with Crippen molar-refractivity contribution < 1.29 is 9.47 Å². The van der Waals surface area contributed by atoms with Crippen molar-refractivity contribution >= 4 is 11.8 Å². The van der Waals surface area contributed by atoms with Gasteiger partial charge in [-0.2, -0.15) is 0 Å². The molecule has 0 spiro atoms. The molecule has 16 heavy (non-hydrogen) atoms. The Morgan fingerprint density at radius 2 is 2.06 bits per heavy atom. The Kier molecular flexibility index (Phi) is 3.64. The van der Waals surface area contributed by atoms with Gasteiger partial charge in [0, 0.05) is 0 Å². The number of ether oxygens (including phenoxy) is 2. The molecule has 0 heterocycles. The fraction of sp³-hybridized carbons (Fsp3) is 0.538. The minimum atomic E-state index is 0.179. The molecule has 3 heteroatoms. The summed E-state index contributed by atoms with van der Waals surface area (Å²) in [5, 5.41) is 0. The summed E-state index contributed by atoms with van der Waals surface area (Å²) in [6.07, 6.45) is 4.99. The van der Waals surface area contributed by atoms with Gasteiger partial charge in [-0.1, -0.05) is 6.07 Å². The van der Waals surface area contributed by atoms with Gasteiger partial charge in [-0.3, -0.25) is 0 Å². The van der Waals surface area contributed by atoms with E-state index in [1.165, 1.54) is 12.8 Å². The molecule has 2 nitrogen and oxygen atoms in total. The fourth-order valence-corrected chi connectivity index (χ4v) is 2.02. The first-order chi connectivity index (χ1) is 7.70. The summed E-state index contributed by atoms with van der Waals surface area (Å²) in [7, 11) is 0. The highest BCUT2D eigenvalue weighted by Crippen LogP contribution is 2.40. The first-order valence-electron chi connectivity index (χ1n) is 5.71. The molecule has 0 saturated heterocycles. The predicted molar refractivity (Wildman–Crippen MR) is 67.6 cm³/mol. The second-order valence-electron chi connectivity index (χ2n) is 4.27. The van der Waals surface area contributed by atoms with Crippen LogP contribution in [0.15, 0.2) is 23.1 Å². The molecular formula is C13H18O2S. The number of thioether (sulfide) groups is 1. The summed E-state index contributed by atoms with van der Waals surface area (Å²) in [5.41, 5.74) is 0. The molecule has 0 unspecified atom stereocenters. The van der Waals surface area contributed by atoms with Crippen molar-refractivity contribution in [2.45, 2.75) is 43.8 Å². The lowest BCUT2D eigenvalue weighted by Crippen LogP contribution is -2.08. The molecule has 1 aliphatic rings. The molecule has 1 aromatic rings. The number of para-hydroxylation sites is 1. The second-order valence-corrected chi connectivity index (χ2v) is 5.12. The van der Waals surface area contributed by atoms with Crippen LogP contribution in [0.3, 0.4) is 0 Å². The van der Waals surface area contributed by atoms with Gasteiger partial charge in [0.15, 0.2) is 11.5 Å². The second kappa shape index (κ2) is 5.00. The van der Waals surface area contributed by atoms with Crippen LogP contribution in [0.25, 0.3) is 0 Å². The van der Waals surface area contributed by atoms with Gasteiger partial charge >= 0.3 is 0 Å². The molecule has 1 aromatic carbocycles. The summed E-state index contributed by atoms with van der Waals surface area (Å²) in [4.78, 5) is 1.16. The lowest BCUT2D eigenvalue weighted by atomic mass is 10.3. The van der Waals surface area contributed by atoms with E-state index in [4.69, 9.17) is 9.47 Å². The Morgan fingerprint density at radius 1 is 1.31 bits per heavy atom. The number of hydrogen-bond donors (Lipinski definition) is 0. The lowest BCUT2D eigenvalue weighted by molar-refractivity contribution is 0.214. The fourth-order valence-electron chi connectivity index (χ4n) is 1.47. The molecule has 1 aliphatic carbocycles. The van der Waals surface area contributed by atoms with Crippen LogP contribution in [0.4, 0.5) is 0 Å². The van der Waals surface area contributed by atoms with E-state index in [-0.39, 0.29) is 6.10 Å². The highest BCUT2D eigenvalue weighted by Gasteiger charge is 2.26. The number of hydrogen-bond acceptors (Lipinski definition) is 3. The van der Waals surface area contributed by atoms with E-state index in [9.17, 15) is 0 Å². The maximum absolute atomic E-state index is 5.93. The summed E-state index contributed by atoms with van der Waals surface area (Å²) >= 11 is 1.70. The van der Waals surface area contributed by atoms with E-state index in [1.54, 1.807) is 11.8 Å². The van der Waals surface area contributed by atoms with Gasteiger partial charge in [-0.05, 0) is 45.1 Å². The van der Waals surface area contributed by atoms with Crippen LogP contribution in [-0.4, -0.2) is 18.5 Å². The Balaban J connectivity index is 2.25. The summed E-state index contributed by atoms with van der Waals surface area (Å²) in [6, 6.07) is 6.08. The molecule has 0 aliphatic heterocycles. The summed E-state index contributed by atoms with van der Waals surface area (Å²) < 4.78 is 11.7. The van der Waals surface area contributed by atoms with Crippen LogP contribution in [0.1, 0.15) is 26.7 Å². The first kappa shape index (κ1) is 11.6. The van der Waals surface area contributed by atoms with Crippen molar-refractivity contribution in [2.24, 2.45) is 0 Å². The van der Waals surface area contributed by atoms with Gasteiger partial charge in [-0.15, -0.1) is 11.8 Å². The zero-order valence-electron chi connectivity index (χ0n) is 10.0. The van der Waals surface area contributed by atoms with E-state index in [0.717, 1.165) is 16.4 Å². The monoisotopic (exact) mass is 238 g/mol. The molecule has 1 saturated carbocycles. The van der Waals surface area contributed by atoms with E-state index in [0.29, 0.717) is 6.10 Å². The van der Waals surface area contributed by atoms with Crippen molar-refractivity contribution in [3.05, 3.63) is 18.2 Å². The van der Waals surface area contributed by atoms with Crippen LogP contribution < -0.4 is 9.47 Å². The molecule has 1 fully saturated rings. The Bertz CT molecular complexity index is 359. The lowest BCUT2D eigenvalue weighted by Gasteiger charge is -2.17. The highest BCUT2D eigenvalue weighted by molar-refractivity contribution is 7.98. The zero-order valence-corrected chi connectivity index (χ0v) is 10.8. The summed E-state index contributed by atoms with van der Waals surface area (Å²) in [5.74, 6) is 1.79. The quantitative estimate of drug-likeness (QED) is 0.728. The molecule has 2 rings (SSSR count). The largest absolute Gasteiger partial charge is 0.487 e. The van der Waals surface area contributed by atoms with Gasteiger partial charge in [-0.25, -0.2) is 0 Å². The first-order valence-corrected chi connectivity index (χ1v) is 6.93. The molecule has 0 aromatic heterocycles. The average molecular weight is 238 g/mol. The van der Waals surface area contributed by atoms with Crippen LogP contribution in [0.2, 0.25) is 0 Å². The van der Waals surface area contributed by atoms with Crippen molar-refractivity contribution in [1.29, 1.82) is 0 Å². The SMILES string of the molecule is CSc1cccc(OC(C)C)c1OC1CC1. The number of benzene rings is 1. The van der Waals surface area contributed by atoms with Gasteiger partial charge in [0.2, 0.25) is 0 Å². The highest BCUT2D eigenvalue weighted by atomic mass is 32.2.